The van der Waals surface area contributed by atoms with Gasteiger partial charge in [0, 0.05) is 12.4 Å². The molecule has 0 aromatic rings. The monoisotopic (exact) mass is 178 g/mol. The Morgan fingerprint density at radius 2 is 2.38 bits per heavy atom. The van der Waals surface area contributed by atoms with Crippen LogP contribution in [0.3, 0.4) is 0 Å². The average molecular weight is 179 g/mol. The van der Waals surface area contributed by atoms with E-state index in [-0.39, 0.29) is 0 Å². The van der Waals surface area contributed by atoms with Gasteiger partial charge in [-0.3, -0.25) is 0 Å². The summed E-state index contributed by atoms with van der Waals surface area (Å²) < 4.78 is 5.18. The number of rotatable bonds is 3. The molecule has 48 valence electrons. The van der Waals surface area contributed by atoms with E-state index in [4.69, 9.17) is 4.74 Å². The zero-order valence-corrected chi connectivity index (χ0v) is 6.65. The van der Waals surface area contributed by atoms with E-state index in [0.29, 0.717) is 6.10 Å². The van der Waals surface area contributed by atoms with Crippen molar-refractivity contribution in [1.29, 1.82) is 0 Å². The van der Waals surface area contributed by atoms with Gasteiger partial charge in [-0.25, -0.2) is 0 Å². The molecule has 0 aliphatic heterocycles. The molecule has 1 saturated carbocycles. The van der Waals surface area contributed by atoms with Gasteiger partial charge >= 0.3 is 0 Å². The first-order valence-corrected chi connectivity index (χ1v) is 4.09. The Labute approximate surface area is 58.5 Å². The Bertz CT molecular complexity index is 66.9. The van der Waals surface area contributed by atoms with Crippen molar-refractivity contribution in [3.63, 3.8) is 0 Å². The molecule has 0 bridgehead atoms. The van der Waals surface area contributed by atoms with Gasteiger partial charge in [0.15, 0.2) is 0 Å². The van der Waals surface area contributed by atoms with Crippen LogP contribution in [0.5, 0.6) is 0 Å². The van der Waals surface area contributed by atoms with Crippen molar-refractivity contribution in [2.24, 2.45) is 5.92 Å². The number of ether oxygens (including phenoxy) is 1. The highest BCUT2D eigenvalue weighted by Crippen LogP contribution is 2.34. The molecule has 1 fully saturated rings. The van der Waals surface area contributed by atoms with Crippen LogP contribution in [0.1, 0.15) is 12.8 Å². The first-order chi connectivity index (χ1) is 3.88. The third-order valence-corrected chi connectivity index (χ3v) is 2.24. The lowest BCUT2D eigenvalue weighted by Gasteiger charge is -2.08. The third-order valence-electron chi connectivity index (χ3n) is 1.60. The van der Waals surface area contributed by atoms with Crippen LogP contribution in [0, 0.1) is 5.92 Å². The van der Waals surface area contributed by atoms with Crippen molar-refractivity contribution < 1.29 is 4.74 Å². The molecule has 0 spiro atoms. The zero-order valence-electron chi connectivity index (χ0n) is 5.06. The summed E-state index contributed by atoms with van der Waals surface area (Å²) in [5.74, 6) is 0.861. The van der Waals surface area contributed by atoms with Crippen molar-refractivity contribution >= 4 is 15.9 Å². The van der Waals surface area contributed by atoms with Gasteiger partial charge in [-0.2, -0.15) is 0 Å². The molecule has 0 heterocycles. The summed E-state index contributed by atoms with van der Waals surface area (Å²) in [6, 6.07) is 0. The summed E-state index contributed by atoms with van der Waals surface area (Å²) >= 11 is 3.39. The highest BCUT2D eigenvalue weighted by atomic mass is 79.9. The van der Waals surface area contributed by atoms with Gasteiger partial charge in [-0.1, -0.05) is 15.9 Å². The summed E-state index contributed by atoms with van der Waals surface area (Å²) in [6.45, 7) is 0. The second kappa shape index (κ2) is 2.83. The summed E-state index contributed by atoms with van der Waals surface area (Å²) in [5, 5.41) is 0.994. The van der Waals surface area contributed by atoms with Crippen LogP contribution >= 0.6 is 15.9 Å². The Hall–Kier alpha value is 0.440. The van der Waals surface area contributed by atoms with Crippen LogP contribution in [0.25, 0.3) is 0 Å². The van der Waals surface area contributed by atoms with Crippen LogP contribution < -0.4 is 0 Å². The maximum absolute atomic E-state index is 5.18. The maximum atomic E-state index is 5.18. The lowest BCUT2D eigenvalue weighted by molar-refractivity contribution is 0.105. The lowest BCUT2D eigenvalue weighted by Crippen LogP contribution is -2.13. The van der Waals surface area contributed by atoms with Gasteiger partial charge in [-0.15, -0.1) is 0 Å². The molecule has 0 aromatic heterocycles. The Kier molecular flexibility index (Phi) is 2.32. The highest BCUT2D eigenvalue weighted by molar-refractivity contribution is 9.09. The molecule has 0 amide bonds. The van der Waals surface area contributed by atoms with Crippen LogP contribution in [0.15, 0.2) is 0 Å². The van der Waals surface area contributed by atoms with Gasteiger partial charge in [0.05, 0.1) is 6.10 Å². The van der Waals surface area contributed by atoms with E-state index in [9.17, 15) is 0 Å². The minimum atomic E-state index is 0.481. The maximum Gasteiger partial charge on any atom is 0.0696 e. The molecule has 0 saturated heterocycles. The molecule has 0 aromatic carbocycles. The average Bonchev–Trinajstić information content (AvgIpc) is 2.53. The standard InChI is InChI=1S/C6H11BrO/c1-8-6(4-7)5-2-3-5/h5-6H,2-4H2,1H3. The number of halogens is 1. The second-order valence-electron chi connectivity index (χ2n) is 2.27. The minimum absolute atomic E-state index is 0.481. The molecular formula is C6H11BrO. The van der Waals surface area contributed by atoms with Crippen LogP contribution in [-0.4, -0.2) is 18.5 Å². The van der Waals surface area contributed by atoms with E-state index in [1.54, 1.807) is 7.11 Å². The van der Waals surface area contributed by atoms with Gasteiger partial charge in [-0.05, 0) is 18.8 Å². The van der Waals surface area contributed by atoms with E-state index in [0.717, 1.165) is 11.2 Å². The van der Waals surface area contributed by atoms with E-state index in [1.807, 2.05) is 0 Å². The summed E-state index contributed by atoms with van der Waals surface area (Å²) in [7, 11) is 1.78. The van der Waals surface area contributed by atoms with Crippen LogP contribution in [-0.2, 0) is 4.74 Å². The molecule has 1 nitrogen and oxygen atoms in total. The summed E-state index contributed by atoms with van der Waals surface area (Å²) in [5.41, 5.74) is 0. The summed E-state index contributed by atoms with van der Waals surface area (Å²) in [4.78, 5) is 0. The van der Waals surface area contributed by atoms with Crippen LogP contribution in [0.4, 0.5) is 0 Å². The molecular weight excluding hydrogens is 168 g/mol. The number of alkyl halides is 1. The van der Waals surface area contributed by atoms with Gasteiger partial charge in [0.1, 0.15) is 0 Å². The van der Waals surface area contributed by atoms with Crippen molar-refractivity contribution in [3.8, 4) is 0 Å². The van der Waals surface area contributed by atoms with Crippen molar-refractivity contribution in [2.75, 3.05) is 12.4 Å². The Morgan fingerprint density at radius 1 is 1.75 bits per heavy atom. The van der Waals surface area contributed by atoms with E-state index >= 15 is 0 Å². The van der Waals surface area contributed by atoms with Crippen molar-refractivity contribution in [2.45, 2.75) is 18.9 Å². The van der Waals surface area contributed by atoms with E-state index in [1.165, 1.54) is 12.8 Å². The Balaban J connectivity index is 2.15. The normalized spacial score (nSPS) is 23.2. The lowest BCUT2D eigenvalue weighted by atomic mass is 10.3. The number of methoxy groups -OCH3 is 1. The van der Waals surface area contributed by atoms with Crippen molar-refractivity contribution in [3.05, 3.63) is 0 Å². The third kappa shape index (κ3) is 1.46. The van der Waals surface area contributed by atoms with Crippen molar-refractivity contribution in [1.82, 2.24) is 0 Å². The fourth-order valence-corrected chi connectivity index (χ4v) is 1.64. The molecule has 1 aliphatic carbocycles. The first kappa shape index (κ1) is 6.56. The van der Waals surface area contributed by atoms with Crippen LogP contribution in [0.2, 0.25) is 0 Å². The molecule has 1 unspecified atom stereocenters. The van der Waals surface area contributed by atoms with Gasteiger partial charge in [0.25, 0.3) is 0 Å². The fraction of sp³-hybridized carbons (Fsp3) is 1.00. The zero-order chi connectivity index (χ0) is 5.98. The molecule has 1 rings (SSSR count). The number of hydrogen-bond donors (Lipinski definition) is 0. The quantitative estimate of drug-likeness (QED) is 0.600. The van der Waals surface area contributed by atoms with Gasteiger partial charge < -0.3 is 4.74 Å². The van der Waals surface area contributed by atoms with E-state index in [2.05, 4.69) is 15.9 Å². The highest BCUT2D eigenvalue weighted by Gasteiger charge is 2.29. The molecule has 1 atom stereocenters. The van der Waals surface area contributed by atoms with Gasteiger partial charge in [0.2, 0.25) is 0 Å². The number of hydrogen-bond acceptors (Lipinski definition) is 1. The smallest absolute Gasteiger partial charge is 0.0696 e. The summed E-state index contributed by atoms with van der Waals surface area (Å²) in [6.07, 6.45) is 3.21. The predicted molar refractivity (Wildman–Crippen MR) is 37.3 cm³/mol. The molecule has 8 heavy (non-hydrogen) atoms. The fourth-order valence-electron chi connectivity index (χ4n) is 0.849. The SMILES string of the molecule is COC(CBr)C1CC1. The molecule has 0 radical (unpaired) electrons. The molecule has 0 N–H and O–H groups in total. The predicted octanol–water partition coefficient (Wildman–Crippen LogP) is 1.81. The van der Waals surface area contributed by atoms with E-state index < -0.39 is 0 Å². The first-order valence-electron chi connectivity index (χ1n) is 2.97. The molecule has 1 aliphatic rings. The second-order valence-corrected chi connectivity index (χ2v) is 2.91. The topological polar surface area (TPSA) is 9.23 Å². The molecule has 2 heteroatoms. The Morgan fingerprint density at radius 3 is 2.50 bits per heavy atom. The largest absolute Gasteiger partial charge is 0.380 e. The minimum Gasteiger partial charge on any atom is -0.380 e.